The van der Waals surface area contributed by atoms with Crippen LogP contribution in [0.25, 0.3) is 5.70 Å². The van der Waals surface area contributed by atoms with Crippen molar-refractivity contribution in [1.29, 1.82) is 0 Å². The Kier molecular flexibility index (Phi) is 3.66. The molecule has 2 aliphatic heterocycles. The van der Waals surface area contributed by atoms with Gasteiger partial charge in [0.1, 0.15) is 5.75 Å². The first-order valence-electron chi connectivity index (χ1n) is 8.11. The molecule has 0 saturated heterocycles. The van der Waals surface area contributed by atoms with Gasteiger partial charge in [0.15, 0.2) is 6.23 Å². The highest BCUT2D eigenvalue weighted by Gasteiger charge is 2.40. The first-order chi connectivity index (χ1) is 12.3. The molecule has 5 rings (SSSR count). The monoisotopic (exact) mass is 410 g/mol. The van der Waals surface area contributed by atoms with Gasteiger partial charge < -0.3 is 10.2 Å². The predicted molar refractivity (Wildman–Crippen MR) is 104 cm³/mol. The Morgan fingerprint density at radius 2 is 1.92 bits per heavy atom. The fourth-order valence-electron chi connectivity index (χ4n) is 3.38. The average Bonchev–Trinajstić information content (AvgIpc) is 3.31. The van der Waals surface area contributed by atoms with E-state index in [9.17, 15) is 0 Å². The van der Waals surface area contributed by atoms with Gasteiger partial charge in [0.05, 0.1) is 16.6 Å². The second-order valence-electron chi connectivity index (χ2n) is 6.08. The average molecular weight is 411 g/mol. The fraction of sp³-hybridized carbons (Fsp3) is 0.100. The van der Waals surface area contributed by atoms with Gasteiger partial charge in [0.25, 0.3) is 0 Å². The summed E-state index contributed by atoms with van der Waals surface area (Å²) in [7, 11) is 0. The summed E-state index contributed by atoms with van der Waals surface area (Å²) in [4.78, 5) is 1.23. The van der Waals surface area contributed by atoms with Crippen molar-refractivity contribution in [3.05, 3.63) is 92.6 Å². The number of halogens is 1. The highest BCUT2D eigenvalue weighted by molar-refractivity contribution is 9.10. The van der Waals surface area contributed by atoms with Gasteiger partial charge in [-0.15, -0.1) is 11.3 Å². The number of nitrogens with zero attached hydrogens (tertiary/aromatic N) is 1. The maximum absolute atomic E-state index is 6.37. The molecular formula is C20H15BrN2OS. The molecule has 0 saturated carbocycles. The van der Waals surface area contributed by atoms with Gasteiger partial charge in [-0.05, 0) is 35.7 Å². The van der Waals surface area contributed by atoms with Crippen LogP contribution in [0.4, 0.5) is 0 Å². The largest absolute Gasteiger partial charge is 0.469 e. The third-order valence-electron chi connectivity index (χ3n) is 4.53. The zero-order valence-corrected chi connectivity index (χ0v) is 15.6. The van der Waals surface area contributed by atoms with E-state index in [1.54, 1.807) is 11.3 Å². The van der Waals surface area contributed by atoms with Gasteiger partial charge in [0.2, 0.25) is 0 Å². The quantitative estimate of drug-likeness (QED) is 0.602. The molecule has 0 fully saturated rings. The molecule has 0 radical (unpaired) electrons. The summed E-state index contributed by atoms with van der Waals surface area (Å²) in [6, 6.07) is 20.9. The van der Waals surface area contributed by atoms with E-state index in [1.165, 1.54) is 10.4 Å². The highest BCUT2D eigenvalue weighted by Crippen LogP contribution is 2.46. The molecule has 5 heteroatoms. The van der Waals surface area contributed by atoms with Crippen molar-refractivity contribution in [1.82, 2.24) is 10.4 Å². The number of fused-ring (bicyclic) bond motifs is 3. The van der Waals surface area contributed by atoms with Crippen LogP contribution in [0.3, 0.4) is 0 Å². The van der Waals surface area contributed by atoms with Crippen LogP contribution in [-0.2, 0) is 0 Å². The summed E-state index contributed by atoms with van der Waals surface area (Å²) >= 11 is 5.33. The Bertz CT molecular complexity index is 940. The van der Waals surface area contributed by atoms with E-state index < -0.39 is 0 Å². The SMILES string of the molecule is Brc1ccc2c(c1)[C@@H]1C=C(c3cccs3)NN1[C@H](c1ccccc1)O2. The lowest BCUT2D eigenvalue weighted by Crippen LogP contribution is -2.43. The van der Waals surface area contributed by atoms with Gasteiger partial charge >= 0.3 is 0 Å². The molecule has 1 aromatic heterocycles. The van der Waals surface area contributed by atoms with Gasteiger partial charge in [-0.25, -0.2) is 0 Å². The number of hydrogen-bond acceptors (Lipinski definition) is 4. The maximum atomic E-state index is 6.37. The Hall–Kier alpha value is -2.08. The second kappa shape index (κ2) is 6.02. The molecule has 124 valence electrons. The molecule has 3 aromatic rings. The Morgan fingerprint density at radius 1 is 1.04 bits per heavy atom. The Morgan fingerprint density at radius 3 is 2.72 bits per heavy atom. The number of nitrogens with one attached hydrogen (secondary N) is 1. The summed E-state index contributed by atoms with van der Waals surface area (Å²) in [5.41, 5.74) is 7.01. The zero-order valence-electron chi connectivity index (χ0n) is 13.2. The lowest BCUT2D eigenvalue weighted by Gasteiger charge is -2.39. The third kappa shape index (κ3) is 2.59. The number of thiophene rings is 1. The fourth-order valence-corrected chi connectivity index (χ4v) is 4.46. The van der Waals surface area contributed by atoms with E-state index in [0.29, 0.717) is 0 Å². The van der Waals surface area contributed by atoms with E-state index in [1.807, 2.05) is 18.2 Å². The summed E-state index contributed by atoms with van der Waals surface area (Å²) in [6.45, 7) is 0. The van der Waals surface area contributed by atoms with Gasteiger partial charge in [-0.3, -0.25) is 0 Å². The van der Waals surface area contributed by atoms with Crippen LogP contribution in [0.15, 0.2) is 76.6 Å². The van der Waals surface area contributed by atoms with Crippen LogP contribution < -0.4 is 10.2 Å². The Labute approximate surface area is 158 Å². The van der Waals surface area contributed by atoms with Crippen LogP contribution >= 0.6 is 27.3 Å². The van der Waals surface area contributed by atoms with E-state index in [-0.39, 0.29) is 12.3 Å². The summed E-state index contributed by atoms with van der Waals surface area (Å²) < 4.78 is 7.43. The van der Waals surface area contributed by atoms with Crippen molar-refractivity contribution in [2.45, 2.75) is 12.3 Å². The van der Waals surface area contributed by atoms with E-state index in [2.05, 4.69) is 80.3 Å². The zero-order chi connectivity index (χ0) is 16.8. The van der Waals surface area contributed by atoms with Crippen LogP contribution in [0, 0.1) is 0 Å². The van der Waals surface area contributed by atoms with E-state index in [4.69, 9.17) is 4.74 Å². The molecule has 25 heavy (non-hydrogen) atoms. The molecule has 0 spiro atoms. The minimum Gasteiger partial charge on any atom is -0.469 e. The molecule has 0 aliphatic carbocycles. The smallest absolute Gasteiger partial charge is 0.195 e. The van der Waals surface area contributed by atoms with Gasteiger partial charge in [-0.2, -0.15) is 5.01 Å². The molecule has 1 N–H and O–H groups in total. The van der Waals surface area contributed by atoms with E-state index >= 15 is 0 Å². The van der Waals surface area contributed by atoms with Crippen LogP contribution in [0.1, 0.15) is 28.3 Å². The van der Waals surface area contributed by atoms with Crippen molar-refractivity contribution < 1.29 is 4.74 Å². The maximum Gasteiger partial charge on any atom is 0.195 e. The van der Waals surface area contributed by atoms with Crippen molar-refractivity contribution in [3.8, 4) is 5.75 Å². The lowest BCUT2D eigenvalue weighted by atomic mass is 10.0. The number of hydrazine groups is 1. The molecule has 2 aromatic carbocycles. The normalized spacial score (nSPS) is 21.7. The Balaban J connectivity index is 1.62. The molecule has 2 aliphatic rings. The van der Waals surface area contributed by atoms with E-state index in [0.717, 1.165) is 21.5 Å². The number of rotatable bonds is 2. The molecule has 2 atom stereocenters. The summed E-state index contributed by atoms with van der Waals surface area (Å²) in [6.07, 6.45) is 2.11. The van der Waals surface area contributed by atoms with Gasteiger partial charge in [0, 0.05) is 15.6 Å². The minimum atomic E-state index is -0.173. The molecule has 0 amide bonds. The highest BCUT2D eigenvalue weighted by atomic mass is 79.9. The lowest BCUT2D eigenvalue weighted by molar-refractivity contribution is -0.0326. The van der Waals surface area contributed by atoms with Crippen LogP contribution in [0.2, 0.25) is 0 Å². The molecule has 3 nitrogen and oxygen atoms in total. The first-order valence-corrected chi connectivity index (χ1v) is 9.78. The van der Waals surface area contributed by atoms with Crippen LogP contribution in [0.5, 0.6) is 5.75 Å². The summed E-state index contributed by atoms with van der Waals surface area (Å²) in [5.74, 6) is 0.934. The number of hydrogen-bond donors (Lipinski definition) is 1. The second-order valence-corrected chi connectivity index (χ2v) is 7.95. The van der Waals surface area contributed by atoms with Crippen LogP contribution in [-0.4, -0.2) is 5.01 Å². The predicted octanol–water partition coefficient (Wildman–Crippen LogP) is 5.50. The molecular weight excluding hydrogens is 396 g/mol. The molecule has 0 unspecified atom stereocenters. The third-order valence-corrected chi connectivity index (χ3v) is 5.92. The van der Waals surface area contributed by atoms with Crippen molar-refractivity contribution in [2.24, 2.45) is 0 Å². The van der Waals surface area contributed by atoms with Crippen molar-refractivity contribution in [3.63, 3.8) is 0 Å². The van der Waals surface area contributed by atoms with Crippen molar-refractivity contribution in [2.75, 3.05) is 0 Å². The molecule has 0 bridgehead atoms. The molecule has 3 heterocycles. The minimum absolute atomic E-state index is 0.128. The topological polar surface area (TPSA) is 24.5 Å². The van der Waals surface area contributed by atoms with Gasteiger partial charge in [-0.1, -0.05) is 52.3 Å². The number of ether oxygens (including phenoxy) is 1. The van der Waals surface area contributed by atoms with Crippen molar-refractivity contribution >= 4 is 33.0 Å². The number of benzene rings is 2. The first kappa shape index (κ1) is 15.2. The standard InChI is InChI=1S/C20H15BrN2OS/c21-14-8-9-18-15(11-14)17-12-16(19-7-4-10-25-19)22-23(17)20(24-18)13-5-2-1-3-6-13/h1-12,17,20,22H/t17-,20-/m0/s1. The summed E-state index contributed by atoms with van der Waals surface area (Å²) in [5, 5.41) is 4.30.